The van der Waals surface area contributed by atoms with Gasteiger partial charge in [-0.05, 0) is 32.8 Å². The number of piperazine rings is 1. The van der Waals surface area contributed by atoms with Crippen molar-refractivity contribution in [1.82, 2.24) is 10.2 Å². The van der Waals surface area contributed by atoms with Gasteiger partial charge in [0, 0.05) is 32.2 Å². The van der Waals surface area contributed by atoms with Gasteiger partial charge in [-0.2, -0.15) is 0 Å². The molecule has 1 atom stereocenters. The van der Waals surface area contributed by atoms with Gasteiger partial charge in [-0.25, -0.2) is 0 Å². The molecule has 1 aliphatic rings. The molecule has 1 heterocycles. The highest BCUT2D eigenvalue weighted by molar-refractivity contribution is 5.16. The molecule has 20 heavy (non-hydrogen) atoms. The van der Waals surface area contributed by atoms with Crippen LogP contribution in [-0.4, -0.2) is 49.3 Å². The quantitative estimate of drug-likeness (QED) is 0.893. The van der Waals surface area contributed by atoms with E-state index in [4.69, 9.17) is 4.74 Å². The Bertz CT molecular complexity index is 386. The average Bonchev–Trinajstić information content (AvgIpc) is 2.40. The Morgan fingerprint density at radius 3 is 2.70 bits per heavy atom. The number of benzene rings is 1. The Kier molecular flexibility index (Phi) is 5.58. The van der Waals surface area contributed by atoms with Gasteiger partial charge in [0.25, 0.3) is 0 Å². The zero-order chi connectivity index (χ0) is 14.4. The summed E-state index contributed by atoms with van der Waals surface area (Å²) in [7, 11) is 0. The predicted octanol–water partition coefficient (Wildman–Crippen LogP) is 2.32. The Labute approximate surface area is 123 Å². The maximum atomic E-state index is 5.87. The first kappa shape index (κ1) is 15.5. The molecule has 3 heteroatoms. The SMILES string of the molecule is CC(C)(C)OCCN1CCNCC1Cc1ccccc1. The van der Waals surface area contributed by atoms with Crippen molar-refractivity contribution in [3.8, 4) is 0 Å². The maximum Gasteiger partial charge on any atom is 0.0600 e. The highest BCUT2D eigenvalue weighted by Crippen LogP contribution is 2.12. The van der Waals surface area contributed by atoms with E-state index in [2.05, 4.69) is 61.3 Å². The van der Waals surface area contributed by atoms with Crippen LogP contribution in [0.2, 0.25) is 0 Å². The van der Waals surface area contributed by atoms with Gasteiger partial charge in [-0.3, -0.25) is 4.90 Å². The van der Waals surface area contributed by atoms with Crippen molar-refractivity contribution in [3.63, 3.8) is 0 Å². The zero-order valence-corrected chi connectivity index (χ0v) is 13.1. The lowest BCUT2D eigenvalue weighted by atomic mass is 10.0. The monoisotopic (exact) mass is 276 g/mol. The molecule has 1 aliphatic heterocycles. The van der Waals surface area contributed by atoms with E-state index in [-0.39, 0.29) is 5.60 Å². The molecule has 2 rings (SSSR count). The van der Waals surface area contributed by atoms with E-state index in [1.807, 2.05) is 0 Å². The van der Waals surface area contributed by atoms with Gasteiger partial charge in [0.1, 0.15) is 0 Å². The third-order valence-electron chi connectivity index (χ3n) is 3.70. The van der Waals surface area contributed by atoms with Gasteiger partial charge in [0.05, 0.1) is 12.2 Å². The van der Waals surface area contributed by atoms with E-state index >= 15 is 0 Å². The summed E-state index contributed by atoms with van der Waals surface area (Å²) in [6.45, 7) is 11.5. The molecular weight excluding hydrogens is 248 g/mol. The molecule has 0 radical (unpaired) electrons. The van der Waals surface area contributed by atoms with Crippen molar-refractivity contribution in [2.75, 3.05) is 32.8 Å². The first-order chi connectivity index (χ1) is 9.54. The number of hydrogen-bond acceptors (Lipinski definition) is 3. The number of ether oxygens (including phenoxy) is 1. The fourth-order valence-corrected chi connectivity index (χ4v) is 2.65. The second kappa shape index (κ2) is 7.21. The Hall–Kier alpha value is -0.900. The number of nitrogens with zero attached hydrogens (tertiary/aromatic N) is 1. The molecule has 1 N–H and O–H groups in total. The molecule has 1 aromatic rings. The van der Waals surface area contributed by atoms with Crippen LogP contribution in [0, 0.1) is 0 Å². The van der Waals surface area contributed by atoms with Gasteiger partial charge in [0.15, 0.2) is 0 Å². The number of nitrogens with one attached hydrogen (secondary N) is 1. The van der Waals surface area contributed by atoms with Gasteiger partial charge in [-0.15, -0.1) is 0 Å². The summed E-state index contributed by atoms with van der Waals surface area (Å²) in [6.07, 6.45) is 1.11. The summed E-state index contributed by atoms with van der Waals surface area (Å²) in [5.41, 5.74) is 1.38. The highest BCUT2D eigenvalue weighted by Gasteiger charge is 2.22. The second-order valence-corrected chi connectivity index (χ2v) is 6.54. The van der Waals surface area contributed by atoms with Crippen LogP contribution in [0.5, 0.6) is 0 Å². The number of rotatable bonds is 5. The predicted molar refractivity (Wildman–Crippen MR) is 84.1 cm³/mol. The first-order valence-corrected chi connectivity index (χ1v) is 7.67. The van der Waals surface area contributed by atoms with Crippen LogP contribution in [0.4, 0.5) is 0 Å². The molecule has 1 aromatic carbocycles. The topological polar surface area (TPSA) is 24.5 Å². The Morgan fingerprint density at radius 1 is 1.25 bits per heavy atom. The molecule has 0 bridgehead atoms. The van der Waals surface area contributed by atoms with Crippen molar-refractivity contribution in [1.29, 1.82) is 0 Å². The van der Waals surface area contributed by atoms with E-state index in [0.29, 0.717) is 6.04 Å². The molecule has 1 unspecified atom stereocenters. The van der Waals surface area contributed by atoms with Gasteiger partial charge < -0.3 is 10.1 Å². The van der Waals surface area contributed by atoms with E-state index in [1.54, 1.807) is 0 Å². The van der Waals surface area contributed by atoms with Crippen molar-refractivity contribution in [2.45, 2.75) is 38.8 Å². The lowest BCUT2D eigenvalue weighted by molar-refractivity contribution is -0.0197. The summed E-state index contributed by atoms with van der Waals surface area (Å²) in [4.78, 5) is 2.56. The minimum absolute atomic E-state index is 0.0387. The van der Waals surface area contributed by atoms with Crippen molar-refractivity contribution >= 4 is 0 Å². The van der Waals surface area contributed by atoms with Crippen LogP contribution in [-0.2, 0) is 11.2 Å². The zero-order valence-electron chi connectivity index (χ0n) is 13.1. The summed E-state index contributed by atoms with van der Waals surface area (Å²) in [5, 5.41) is 3.51. The van der Waals surface area contributed by atoms with Crippen molar-refractivity contribution in [2.24, 2.45) is 0 Å². The molecule has 0 saturated carbocycles. The van der Waals surface area contributed by atoms with Crippen LogP contribution < -0.4 is 5.32 Å². The van der Waals surface area contributed by atoms with Gasteiger partial charge >= 0.3 is 0 Å². The fourth-order valence-electron chi connectivity index (χ4n) is 2.65. The molecule has 1 fully saturated rings. The molecule has 0 aliphatic carbocycles. The van der Waals surface area contributed by atoms with Gasteiger partial charge in [-0.1, -0.05) is 30.3 Å². The van der Waals surface area contributed by atoms with Gasteiger partial charge in [0.2, 0.25) is 0 Å². The van der Waals surface area contributed by atoms with Crippen LogP contribution in [0.3, 0.4) is 0 Å². The second-order valence-electron chi connectivity index (χ2n) is 6.54. The minimum Gasteiger partial charge on any atom is -0.375 e. The first-order valence-electron chi connectivity index (χ1n) is 7.67. The van der Waals surface area contributed by atoms with Crippen molar-refractivity contribution < 1.29 is 4.74 Å². The van der Waals surface area contributed by atoms with E-state index in [9.17, 15) is 0 Å². The standard InChI is InChI=1S/C17H28N2O/c1-17(2,3)20-12-11-19-10-9-18-14-16(19)13-15-7-5-4-6-8-15/h4-8,16,18H,9-14H2,1-3H3. The third kappa shape index (κ3) is 5.23. The van der Waals surface area contributed by atoms with Crippen LogP contribution in [0.1, 0.15) is 26.3 Å². The molecule has 0 aromatic heterocycles. The Balaban J connectivity index is 1.85. The summed E-state index contributed by atoms with van der Waals surface area (Å²) >= 11 is 0. The summed E-state index contributed by atoms with van der Waals surface area (Å²) in [6, 6.07) is 11.3. The maximum absolute atomic E-state index is 5.87. The lowest BCUT2D eigenvalue weighted by Gasteiger charge is -2.37. The van der Waals surface area contributed by atoms with Crippen LogP contribution in [0.15, 0.2) is 30.3 Å². The highest BCUT2D eigenvalue weighted by atomic mass is 16.5. The van der Waals surface area contributed by atoms with Crippen LogP contribution in [0.25, 0.3) is 0 Å². The Morgan fingerprint density at radius 2 is 2.00 bits per heavy atom. The van der Waals surface area contributed by atoms with Crippen LogP contribution >= 0.6 is 0 Å². The fraction of sp³-hybridized carbons (Fsp3) is 0.647. The molecule has 112 valence electrons. The largest absolute Gasteiger partial charge is 0.375 e. The number of hydrogen-bond donors (Lipinski definition) is 1. The minimum atomic E-state index is -0.0387. The summed E-state index contributed by atoms with van der Waals surface area (Å²) in [5.74, 6) is 0. The van der Waals surface area contributed by atoms with E-state index in [0.717, 1.165) is 39.2 Å². The van der Waals surface area contributed by atoms with E-state index in [1.165, 1.54) is 5.56 Å². The summed E-state index contributed by atoms with van der Waals surface area (Å²) < 4.78 is 5.87. The molecule has 0 spiro atoms. The normalized spacial score (nSPS) is 21.1. The molecule has 1 saturated heterocycles. The molecule has 3 nitrogen and oxygen atoms in total. The molecule has 0 amide bonds. The smallest absolute Gasteiger partial charge is 0.0600 e. The molecular formula is C17H28N2O. The lowest BCUT2D eigenvalue weighted by Crippen LogP contribution is -2.53. The average molecular weight is 276 g/mol. The van der Waals surface area contributed by atoms with E-state index < -0.39 is 0 Å². The van der Waals surface area contributed by atoms with Crippen molar-refractivity contribution in [3.05, 3.63) is 35.9 Å². The third-order valence-corrected chi connectivity index (χ3v) is 3.70.